The van der Waals surface area contributed by atoms with Gasteiger partial charge in [0.15, 0.2) is 0 Å². The molecular formula is C12H12BrCl2N3O2. The molecule has 0 amide bonds. The Bertz CT molecular complexity index is 606. The van der Waals surface area contributed by atoms with E-state index in [1.807, 2.05) is 0 Å². The van der Waals surface area contributed by atoms with Crippen LogP contribution in [0.1, 0.15) is 17.5 Å². The summed E-state index contributed by atoms with van der Waals surface area (Å²) in [6, 6.07) is 1.54. The molecule has 0 aliphatic rings. The first-order chi connectivity index (χ1) is 9.54. The lowest BCUT2D eigenvalue weighted by Crippen LogP contribution is -2.14. The van der Waals surface area contributed by atoms with Crippen molar-refractivity contribution < 1.29 is 9.84 Å². The van der Waals surface area contributed by atoms with Crippen molar-refractivity contribution in [3.63, 3.8) is 0 Å². The number of methoxy groups -OCH3 is 1. The summed E-state index contributed by atoms with van der Waals surface area (Å²) in [6.45, 7) is 0.995. The fraction of sp³-hybridized carbons (Fsp3) is 0.333. The molecule has 0 aliphatic heterocycles. The van der Waals surface area contributed by atoms with Crippen LogP contribution in [0.5, 0.6) is 0 Å². The van der Waals surface area contributed by atoms with Crippen LogP contribution in [0.3, 0.4) is 0 Å². The van der Waals surface area contributed by atoms with Crippen LogP contribution in [0.4, 0.5) is 0 Å². The molecule has 1 N–H and O–H groups in total. The highest BCUT2D eigenvalue weighted by atomic mass is 79.9. The van der Waals surface area contributed by atoms with E-state index in [0.29, 0.717) is 39.1 Å². The van der Waals surface area contributed by atoms with Crippen molar-refractivity contribution in [1.82, 2.24) is 14.8 Å². The van der Waals surface area contributed by atoms with Crippen LogP contribution in [0, 0.1) is 0 Å². The normalized spacial score (nSPS) is 12.7. The maximum atomic E-state index is 10.5. The second-order valence-electron chi connectivity index (χ2n) is 4.02. The number of hydrogen-bond donors (Lipinski definition) is 1. The van der Waals surface area contributed by atoms with Crippen molar-refractivity contribution in [2.75, 3.05) is 13.7 Å². The van der Waals surface area contributed by atoms with Gasteiger partial charge in [0.1, 0.15) is 6.10 Å². The Morgan fingerprint density at radius 1 is 1.45 bits per heavy atom. The Balaban J connectivity index is 2.37. The molecular weight excluding hydrogens is 369 g/mol. The first-order valence-corrected chi connectivity index (χ1v) is 7.28. The van der Waals surface area contributed by atoms with Gasteiger partial charge in [0.2, 0.25) is 0 Å². The predicted octanol–water partition coefficient (Wildman–Crippen LogP) is 3.08. The minimum Gasteiger partial charge on any atom is -0.383 e. The third-order valence-corrected chi connectivity index (χ3v) is 3.82. The zero-order valence-electron chi connectivity index (χ0n) is 10.6. The molecule has 0 aromatic carbocycles. The van der Waals surface area contributed by atoms with Gasteiger partial charge in [-0.05, 0) is 22.0 Å². The fourth-order valence-electron chi connectivity index (χ4n) is 1.76. The van der Waals surface area contributed by atoms with Gasteiger partial charge >= 0.3 is 0 Å². The summed E-state index contributed by atoms with van der Waals surface area (Å²) < 4.78 is 7.34. The van der Waals surface area contributed by atoms with Gasteiger partial charge in [-0.1, -0.05) is 23.2 Å². The van der Waals surface area contributed by atoms with Gasteiger partial charge in [-0.3, -0.25) is 9.67 Å². The molecule has 2 heterocycles. The van der Waals surface area contributed by atoms with Crippen molar-refractivity contribution in [2.45, 2.75) is 12.6 Å². The van der Waals surface area contributed by atoms with Gasteiger partial charge in [-0.2, -0.15) is 5.10 Å². The molecule has 5 nitrogen and oxygen atoms in total. The minimum atomic E-state index is -1.01. The number of pyridine rings is 1. The van der Waals surface area contributed by atoms with E-state index in [1.165, 1.54) is 6.20 Å². The molecule has 20 heavy (non-hydrogen) atoms. The summed E-state index contributed by atoms with van der Waals surface area (Å²) in [5.41, 5.74) is 0.898. The first kappa shape index (κ1) is 15.7. The van der Waals surface area contributed by atoms with Crippen LogP contribution in [0.15, 0.2) is 22.9 Å². The molecule has 2 aromatic rings. The van der Waals surface area contributed by atoms with E-state index in [9.17, 15) is 5.11 Å². The van der Waals surface area contributed by atoms with Crippen LogP contribution in [-0.4, -0.2) is 33.6 Å². The van der Waals surface area contributed by atoms with Crippen LogP contribution in [0.2, 0.25) is 10.0 Å². The number of aliphatic hydroxyl groups is 1. The summed E-state index contributed by atoms with van der Waals surface area (Å²) in [5, 5.41) is 15.4. The number of hydrogen-bond acceptors (Lipinski definition) is 4. The lowest BCUT2D eigenvalue weighted by atomic mass is 10.1. The lowest BCUT2D eigenvalue weighted by molar-refractivity contribution is 0.170. The van der Waals surface area contributed by atoms with Crippen molar-refractivity contribution in [3.8, 4) is 0 Å². The maximum absolute atomic E-state index is 10.5. The van der Waals surface area contributed by atoms with Gasteiger partial charge < -0.3 is 9.84 Å². The van der Waals surface area contributed by atoms with Crippen molar-refractivity contribution in [2.24, 2.45) is 0 Å². The van der Waals surface area contributed by atoms with E-state index < -0.39 is 6.10 Å². The SMILES string of the molecule is COCCn1ncc(Br)c1C(O)c1ncc(Cl)cc1Cl. The van der Waals surface area contributed by atoms with Crippen molar-refractivity contribution in [1.29, 1.82) is 0 Å². The summed E-state index contributed by atoms with van der Waals surface area (Å²) in [5.74, 6) is 0. The van der Waals surface area contributed by atoms with E-state index in [2.05, 4.69) is 26.0 Å². The van der Waals surface area contributed by atoms with E-state index in [-0.39, 0.29) is 0 Å². The molecule has 1 atom stereocenters. The Kier molecular flexibility index (Phi) is 5.40. The number of nitrogens with zero attached hydrogens (tertiary/aromatic N) is 3. The van der Waals surface area contributed by atoms with E-state index >= 15 is 0 Å². The van der Waals surface area contributed by atoms with Crippen LogP contribution >= 0.6 is 39.1 Å². The van der Waals surface area contributed by atoms with Crippen molar-refractivity contribution in [3.05, 3.63) is 44.4 Å². The summed E-state index contributed by atoms with van der Waals surface area (Å²) in [7, 11) is 1.60. The smallest absolute Gasteiger partial charge is 0.140 e. The molecule has 0 spiro atoms. The van der Waals surface area contributed by atoms with Gasteiger partial charge in [0, 0.05) is 13.3 Å². The third-order valence-electron chi connectivity index (χ3n) is 2.69. The van der Waals surface area contributed by atoms with Gasteiger partial charge in [0.05, 0.1) is 45.3 Å². The van der Waals surface area contributed by atoms with Gasteiger partial charge in [-0.15, -0.1) is 0 Å². The molecule has 0 fully saturated rings. The van der Waals surface area contributed by atoms with Crippen LogP contribution in [0.25, 0.3) is 0 Å². The monoisotopic (exact) mass is 379 g/mol. The zero-order valence-corrected chi connectivity index (χ0v) is 13.7. The summed E-state index contributed by atoms with van der Waals surface area (Å²) >= 11 is 15.2. The quantitative estimate of drug-likeness (QED) is 0.865. The van der Waals surface area contributed by atoms with E-state index in [0.717, 1.165) is 0 Å². The van der Waals surface area contributed by atoms with Gasteiger partial charge in [0.25, 0.3) is 0 Å². The highest BCUT2D eigenvalue weighted by Crippen LogP contribution is 2.32. The second-order valence-corrected chi connectivity index (χ2v) is 5.71. The fourth-order valence-corrected chi connectivity index (χ4v) is 2.75. The molecule has 108 valence electrons. The molecule has 0 aliphatic carbocycles. The number of ether oxygens (including phenoxy) is 1. The largest absolute Gasteiger partial charge is 0.383 e. The first-order valence-electron chi connectivity index (χ1n) is 5.73. The second kappa shape index (κ2) is 6.87. The summed E-state index contributed by atoms with van der Waals surface area (Å²) in [4.78, 5) is 4.09. The number of rotatable bonds is 5. The molecule has 8 heteroatoms. The third kappa shape index (κ3) is 3.32. The highest BCUT2D eigenvalue weighted by Gasteiger charge is 2.23. The minimum absolute atomic E-state index is 0.302. The Hall–Kier alpha value is -0.660. The Morgan fingerprint density at radius 2 is 2.20 bits per heavy atom. The van der Waals surface area contributed by atoms with Crippen molar-refractivity contribution >= 4 is 39.1 Å². The lowest BCUT2D eigenvalue weighted by Gasteiger charge is -2.15. The molecule has 2 rings (SSSR count). The van der Waals surface area contributed by atoms with Crippen LogP contribution in [-0.2, 0) is 11.3 Å². The number of halogens is 3. The van der Waals surface area contributed by atoms with Gasteiger partial charge in [-0.25, -0.2) is 0 Å². The average Bonchev–Trinajstić information content (AvgIpc) is 2.77. The zero-order chi connectivity index (χ0) is 14.7. The average molecular weight is 381 g/mol. The summed E-state index contributed by atoms with van der Waals surface area (Å²) in [6.07, 6.45) is 2.04. The molecule has 2 aromatic heterocycles. The van der Waals surface area contributed by atoms with Crippen LogP contribution < -0.4 is 0 Å². The van der Waals surface area contributed by atoms with E-state index in [1.54, 1.807) is 24.1 Å². The predicted molar refractivity (Wildman–Crippen MR) is 80.1 cm³/mol. The van der Waals surface area contributed by atoms with E-state index in [4.69, 9.17) is 27.9 Å². The highest BCUT2D eigenvalue weighted by molar-refractivity contribution is 9.10. The molecule has 1 unspecified atom stereocenters. The number of aliphatic hydroxyl groups excluding tert-OH is 1. The standard InChI is InChI=1S/C12H12BrCl2N3O2/c1-20-3-2-18-11(8(13)6-17-18)12(19)10-9(15)4-7(14)5-16-10/h4-6,12,19H,2-3H2,1H3. The molecule has 0 bridgehead atoms. The number of aromatic nitrogens is 3. The maximum Gasteiger partial charge on any atom is 0.140 e. The Labute approximate surface area is 134 Å². The molecule has 0 saturated heterocycles. The molecule has 0 radical (unpaired) electrons. The Morgan fingerprint density at radius 3 is 2.85 bits per heavy atom. The molecule has 0 saturated carbocycles. The topological polar surface area (TPSA) is 60.2 Å².